The minimum atomic E-state index is -1.32. The Labute approximate surface area is 99.7 Å². The van der Waals surface area contributed by atoms with E-state index in [1.807, 2.05) is 0 Å². The molecule has 0 saturated heterocycles. The molecule has 0 saturated carbocycles. The van der Waals surface area contributed by atoms with Gasteiger partial charge in [-0.15, -0.1) is 0 Å². The van der Waals surface area contributed by atoms with E-state index >= 15 is 0 Å². The summed E-state index contributed by atoms with van der Waals surface area (Å²) in [6.07, 6.45) is 0.527. The van der Waals surface area contributed by atoms with Gasteiger partial charge in [-0.1, -0.05) is 18.2 Å². The van der Waals surface area contributed by atoms with Crippen molar-refractivity contribution in [2.75, 3.05) is 5.84 Å². The van der Waals surface area contributed by atoms with Crippen LogP contribution in [0.4, 0.5) is 4.39 Å². The monoisotopic (exact) mass is 249 g/mol. The number of nitrogens with zero attached hydrogens (tertiary/aromatic N) is 2. The van der Waals surface area contributed by atoms with Gasteiger partial charge in [-0.05, 0) is 12.1 Å². The third kappa shape index (κ3) is 1.81. The summed E-state index contributed by atoms with van der Waals surface area (Å²) in [6, 6.07) is 7.57. The summed E-state index contributed by atoms with van der Waals surface area (Å²) in [6.45, 7) is 0. The van der Waals surface area contributed by atoms with Gasteiger partial charge >= 0.3 is 5.69 Å². The van der Waals surface area contributed by atoms with Crippen molar-refractivity contribution in [1.82, 2.24) is 9.24 Å². The first-order chi connectivity index (χ1) is 8.52. The third-order valence-electron chi connectivity index (χ3n) is 2.30. The van der Waals surface area contributed by atoms with Crippen molar-refractivity contribution in [3.8, 4) is 0 Å². The highest BCUT2D eigenvalue weighted by Gasteiger charge is 2.17. The third-order valence-corrected chi connectivity index (χ3v) is 2.30. The summed E-state index contributed by atoms with van der Waals surface area (Å²) < 4.78 is 13.7. The van der Waals surface area contributed by atoms with Crippen molar-refractivity contribution < 1.29 is 9.18 Å². The number of aromatic nitrogens is 2. The van der Waals surface area contributed by atoms with E-state index in [4.69, 9.17) is 5.84 Å². The van der Waals surface area contributed by atoms with Gasteiger partial charge in [0.15, 0.2) is 0 Å². The van der Waals surface area contributed by atoms with Crippen LogP contribution in [0, 0.1) is 5.82 Å². The summed E-state index contributed by atoms with van der Waals surface area (Å²) in [4.78, 5) is 34.9. The van der Waals surface area contributed by atoms with Gasteiger partial charge in [0.2, 0.25) is 5.82 Å². The van der Waals surface area contributed by atoms with Crippen LogP contribution in [0.3, 0.4) is 0 Å². The maximum Gasteiger partial charge on any atom is 0.356 e. The molecule has 92 valence electrons. The van der Waals surface area contributed by atoms with E-state index in [-0.39, 0.29) is 10.1 Å². The number of hydrogen-bond acceptors (Lipinski definition) is 4. The van der Waals surface area contributed by atoms with Gasteiger partial charge in [-0.3, -0.25) is 9.59 Å². The Hall–Kier alpha value is -2.70. The molecule has 1 aromatic carbocycles. The SMILES string of the molecule is Nn1cc(F)c(=O)n(C(=O)c2ccccc2)c1=O. The summed E-state index contributed by atoms with van der Waals surface area (Å²) in [5.41, 5.74) is -2.34. The minimum Gasteiger partial charge on any atom is -0.335 e. The molecular weight excluding hydrogens is 241 g/mol. The van der Waals surface area contributed by atoms with Crippen molar-refractivity contribution in [2.24, 2.45) is 0 Å². The zero-order chi connectivity index (χ0) is 13.3. The first-order valence-corrected chi connectivity index (χ1v) is 4.91. The van der Waals surface area contributed by atoms with E-state index in [1.165, 1.54) is 12.1 Å². The van der Waals surface area contributed by atoms with Gasteiger partial charge < -0.3 is 5.84 Å². The highest BCUT2D eigenvalue weighted by Crippen LogP contribution is 1.99. The highest BCUT2D eigenvalue weighted by atomic mass is 19.1. The topological polar surface area (TPSA) is 87.1 Å². The Kier molecular flexibility index (Phi) is 2.80. The number of hydrogen-bond donors (Lipinski definition) is 1. The number of carbonyl (C=O) groups excluding carboxylic acids is 1. The number of carbonyl (C=O) groups is 1. The molecule has 2 aromatic rings. The lowest BCUT2D eigenvalue weighted by atomic mass is 10.2. The maximum atomic E-state index is 13.2. The fraction of sp³-hybridized carbons (Fsp3) is 0. The number of halogens is 1. The summed E-state index contributed by atoms with van der Waals surface area (Å²) in [5, 5.41) is 0. The van der Waals surface area contributed by atoms with Crippen molar-refractivity contribution in [3.05, 3.63) is 68.7 Å². The van der Waals surface area contributed by atoms with E-state index in [9.17, 15) is 18.8 Å². The second-order valence-electron chi connectivity index (χ2n) is 3.48. The highest BCUT2D eigenvalue weighted by molar-refractivity contribution is 5.95. The van der Waals surface area contributed by atoms with Gasteiger partial charge in [-0.2, -0.15) is 8.96 Å². The quantitative estimate of drug-likeness (QED) is 0.693. The molecule has 1 heterocycles. The van der Waals surface area contributed by atoms with E-state index in [0.29, 0.717) is 10.9 Å². The molecule has 0 bridgehead atoms. The molecule has 6 nitrogen and oxygen atoms in total. The normalized spacial score (nSPS) is 10.3. The lowest BCUT2D eigenvalue weighted by molar-refractivity contribution is 0.0947. The Morgan fingerprint density at radius 3 is 2.39 bits per heavy atom. The van der Waals surface area contributed by atoms with Gasteiger partial charge in [0.05, 0.1) is 6.20 Å². The molecule has 0 aliphatic heterocycles. The van der Waals surface area contributed by atoms with Crippen molar-refractivity contribution in [3.63, 3.8) is 0 Å². The van der Waals surface area contributed by atoms with Crippen LogP contribution in [-0.2, 0) is 0 Å². The Morgan fingerprint density at radius 2 is 1.78 bits per heavy atom. The fourth-order valence-corrected chi connectivity index (χ4v) is 1.43. The van der Waals surface area contributed by atoms with Gasteiger partial charge in [-0.25, -0.2) is 9.47 Å². The van der Waals surface area contributed by atoms with E-state index in [1.54, 1.807) is 18.2 Å². The molecule has 0 aliphatic carbocycles. The first kappa shape index (κ1) is 11.8. The average Bonchev–Trinajstić information content (AvgIpc) is 2.37. The summed E-state index contributed by atoms with van der Waals surface area (Å²) >= 11 is 0. The van der Waals surface area contributed by atoms with Crippen molar-refractivity contribution in [1.29, 1.82) is 0 Å². The molecule has 0 spiro atoms. The zero-order valence-electron chi connectivity index (χ0n) is 9.04. The van der Waals surface area contributed by atoms with Crippen LogP contribution >= 0.6 is 0 Å². The summed E-state index contributed by atoms with van der Waals surface area (Å²) in [7, 11) is 0. The maximum absolute atomic E-state index is 13.2. The number of benzene rings is 1. The largest absolute Gasteiger partial charge is 0.356 e. The molecule has 0 unspecified atom stereocenters. The molecule has 0 aliphatic rings. The van der Waals surface area contributed by atoms with E-state index in [0.717, 1.165) is 0 Å². The lowest BCUT2D eigenvalue weighted by Gasteiger charge is -2.05. The van der Waals surface area contributed by atoms with Crippen LogP contribution < -0.4 is 17.1 Å². The fourth-order valence-electron chi connectivity index (χ4n) is 1.43. The van der Waals surface area contributed by atoms with Gasteiger partial charge in [0, 0.05) is 5.56 Å². The Bertz CT molecular complexity index is 684. The van der Waals surface area contributed by atoms with Crippen LogP contribution in [0.5, 0.6) is 0 Å². The molecule has 0 amide bonds. The molecule has 0 atom stereocenters. The zero-order valence-corrected chi connectivity index (χ0v) is 9.04. The second-order valence-corrected chi connectivity index (χ2v) is 3.48. The average molecular weight is 249 g/mol. The number of nitrogen functional groups attached to an aromatic ring is 1. The van der Waals surface area contributed by atoms with Crippen molar-refractivity contribution in [2.45, 2.75) is 0 Å². The molecule has 0 fully saturated rings. The lowest BCUT2D eigenvalue weighted by Crippen LogP contribution is -2.47. The predicted molar refractivity (Wildman–Crippen MR) is 61.2 cm³/mol. The molecular formula is C11H8FN3O3. The Balaban J connectivity index is 2.70. The van der Waals surface area contributed by atoms with Crippen molar-refractivity contribution >= 4 is 5.91 Å². The van der Waals surface area contributed by atoms with Gasteiger partial charge in [0.25, 0.3) is 11.5 Å². The summed E-state index contributed by atoms with van der Waals surface area (Å²) in [5.74, 6) is 2.96. The molecule has 18 heavy (non-hydrogen) atoms. The molecule has 1 aromatic heterocycles. The van der Waals surface area contributed by atoms with Crippen LogP contribution in [0.2, 0.25) is 0 Å². The standard InChI is InChI=1S/C11H8FN3O3/c12-8-6-14(13)11(18)15(10(8)17)9(16)7-4-2-1-3-5-7/h1-6H,13H2. The second kappa shape index (κ2) is 4.28. The Morgan fingerprint density at radius 1 is 1.17 bits per heavy atom. The number of nitrogens with two attached hydrogens (primary N) is 1. The predicted octanol–water partition coefficient (Wildman–Crippen LogP) is -0.449. The first-order valence-electron chi connectivity index (χ1n) is 4.91. The van der Waals surface area contributed by atoms with E-state index < -0.39 is 23.0 Å². The minimum absolute atomic E-state index is 0.0855. The van der Waals surface area contributed by atoms with Crippen LogP contribution in [0.25, 0.3) is 0 Å². The number of rotatable bonds is 1. The molecule has 7 heteroatoms. The van der Waals surface area contributed by atoms with E-state index in [2.05, 4.69) is 0 Å². The molecule has 0 radical (unpaired) electrons. The molecule has 2 N–H and O–H groups in total. The smallest absolute Gasteiger partial charge is 0.335 e. The van der Waals surface area contributed by atoms with Crippen LogP contribution in [-0.4, -0.2) is 15.2 Å². The molecule has 2 rings (SSSR count). The van der Waals surface area contributed by atoms with Crippen LogP contribution in [0.15, 0.2) is 46.1 Å². The van der Waals surface area contributed by atoms with Crippen LogP contribution in [0.1, 0.15) is 10.4 Å². The van der Waals surface area contributed by atoms with Gasteiger partial charge in [0.1, 0.15) is 0 Å².